The zero-order valence-electron chi connectivity index (χ0n) is 11.0. The molecule has 1 aromatic heterocycles. The van der Waals surface area contributed by atoms with E-state index in [9.17, 15) is 0 Å². The zero-order valence-corrected chi connectivity index (χ0v) is 11.0. The normalized spacial score (nSPS) is 10.6. The molecule has 0 aliphatic carbocycles. The van der Waals surface area contributed by atoms with E-state index in [2.05, 4.69) is 39.3 Å². The van der Waals surface area contributed by atoms with Gasteiger partial charge in [-0.1, -0.05) is 13.8 Å². The van der Waals surface area contributed by atoms with Crippen LogP contribution < -0.4 is 10.6 Å². The molecular weight excluding hydrogens is 214 g/mol. The number of hydrogen-bond acceptors (Lipinski definition) is 5. The fourth-order valence-electron chi connectivity index (χ4n) is 1.68. The van der Waals surface area contributed by atoms with Crippen LogP contribution in [0.3, 0.4) is 0 Å². The lowest BCUT2D eigenvalue weighted by Crippen LogP contribution is -2.29. The molecule has 0 spiro atoms. The van der Waals surface area contributed by atoms with E-state index < -0.39 is 0 Å². The molecule has 0 saturated carbocycles. The molecule has 0 saturated heterocycles. The number of aromatic nitrogens is 2. The van der Waals surface area contributed by atoms with Gasteiger partial charge in [0.05, 0.1) is 0 Å². The third kappa shape index (κ3) is 4.99. The standard InChI is InChI=1S/C12H23N5/c1-4-7-17(5-2)8-6-14-12-9-11(13-3)15-10-16-12/h9-10H,4-8H2,1-3H3,(H2,13,14,15,16). The van der Waals surface area contributed by atoms with Crippen molar-refractivity contribution in [3.63, 3.8) is 0 Å². The van der Waals surface area contributed by atoms with E-state index in [0.29, 0.717) is 0 Å². The molecule has 1 heterocycles. The maximum absolute atomic E-state index is 4.18. The Hall–Kier alpha value is -1.36. The van der Waals surface area contributed by atoms with Gasteiger partial charge in [0.15, 0.2) is 0 Å². The summed E-state index contributed by atoms with van der Waals surface area (Å²) in [6, 6.07) is 1.91. The van der Waals surface area contributed by atoms with Crippen LogP contribution in [-0.2, 0) is 0 Å². The lowest BCUT2D eigenvalue weighted by atomic mass is 10.4. The number of nitrogens with one attached hydrogen (secondary N) is 2. The molecule has 0 atom stereocenters. The van der Waals surface area contributed by atoms with Crippen LogP contribution >= 0.6 is 0 Å². The molecule has 17 heavy (non-hydrogen) atoms. The molecule has 2 N–H and O–H groups in total. The van der Waals surface area contributed by atoms with Gasteiger partial charge in [0.2, 0.25) is 0 Å². The Morgan fingerprint density at radius 2 is 1.94 bits per heavy atom. The van der Waals surface area contributed by atoms with E-state index in [1.54, 1.807) is 6.33 Å². The largest absolute Gasteiger partial charge is 0.373 e. The van der Waals surface area contributed by atoms with Gasteiger partial charge in [0.1, 0.15) is 18.0 Å². The van der Waals surface area contributed by atoms with Crippen LogP contribution in [0.1, 0.15) is 20.3 Å². The first-order chi connectivity index (χ1) is 8.30. The first-order valence-corrected chi connectivity index (χ1v) is 6.26. The van der Waals surface area contributed by atoms with Crippen molar-refractivity contribution < 1.29 is 0 Å². The van der Waals surface area contributed by atoms with Crippen molar-refractivity contribution in [1.82, 2.24) is 14.9 Å². The molecule has 0 radical (unpaired) electrons. The van der Waals surface area contributed by atoms with Gasteiger partial charge in [-0.3, -0.25) is 0 Å². The predicted molar refractivity (Wildman–Crippen MR) is 72.5 cm³/mol. The van der Waals surface area contributed by atoms with Gasteiger partial charge < -0.3 is 15.5 Å². The number of hydrogen-bond donors (Lipinski definition) is 2. The van der Waals surface area contributed by atoms with E-state index in [1.807, 2.05) is 13.1 Å². The molecule has 96 valence electrons. The van der Waals surface area contributed by atoms with Crippen LogP contribution in [0.15, 0.2) is 12.4 Å². The second-order valence-corrected chi connectivity index (χ2v) is 3.90. The fourth-order valence-corrected chi connectivity index (χ4v) is 1.68. The van der Waals surface area contributed by atoms with Gasteiger partial charge >= 0.3 is 0 Å². The highest BCUT2D eigenvalue weighted by atomic mass is 15.1. The molecule has 0 aliphatic rings. The Bertz CT molecular complexity index is 316. The number of rotatable bonds is 8. The van der Waals surface area contributed by atoms with E-state index in [1.165, 1.54) is 6.42 Å². The fraction of sp³-hybridized carbons (Fsp3) is 0.667. The Morgan fingerprint density at radius 1 is 1.18 bits per heavy atom. The van der Waals surface area contributed by atoms with E-state index in [-0.39, 0.29) is 0 Å². The summed E-state index contributed by atoms with van der Waals surface area (Å²) in [6.45, 7) is 8.61. The third-order valence-electron chi connectivity index (χ3n) is 2.64. The molecule has 1 rings (SSSR count). The molecular formula is C12H23N5. The number of anilines is 2. The van der Waals surface area contributed by atoms with Crippen molar-refractivity contribution in [2.24, 2.45) is 0 Å². The zero-order chi connectivity index (χ0) is 12.5. The third-order valence-corrected chi connectivity index (χ3v) is 2.64. The summed E-state index contributed by atoms with van der Waals surface area (Å²) in [7, 11) is 1.85. The monoisotopic (exact) mass is 237 g/mol. The smallest absolute Gasteiger partial charge is 0.131 e. The lowest BCUT2D eigenvalue weighted by molar-refractivity contribution is 0.300. The van der Waals surface area contributed by atoms with E-state index in [0.717, 1.165) is 37.8 Å². The first-order valence-electron chi connectivity index (χ1n) is 6.26. The summed E-state index contributed by atoms with van der Waals surface area (Å²) in [5.41, 5.74) is 0. The summed E-state index contributed by atoms with van der Waals surface area (Å²) < 4.78 is 0. The second-order valence-electron chi connectivity index (χ2n) is 3.90. The molecule has 5 nitrogen and oxygen atoms in total. The van der Waals surface area contributed by atoms with Crippen molar-refractivity contribution in [1.29, 1.82) is 0 Å². The minimum absolute atomic E-state index is 0.836. The number of nitrogens with zero attached hydrogens (tertiary/aromatic N) is 3. The highest BCUT2D eigenvalue weighted by molar-refractivity contribution is 5.45. The van der Waals surface area contributed by atoms with Crippen LogP contribution in [0.2, 0.25) is 0 Å². The Labute approximate surface area is 104 Å². The quantitative estimate of drug-likeness (QED) is 0.720. The molecule has 0 aliphatic heterocycles. The summed E-state index contributed by atoms with van der Waals surface area (Å²) in [6.07, 6.45) is 2.77. The van der Waals surface area contributed by atoms with Gasteiger partial charge in [-0.05, 0) is 19.5 Å². The molecule has 0 bridgehead atoms. The summed E-state index contributed by atoms with van der Waals surface area (Å²) in [5.74, 6) is 1.71. The van der Waals surface area contributed by atoms with Crippen molar-refractivity contribution >= 4 is 11.6 Å². The van der Waals surface area contributed by atoms with E-state index >= 15 is 0 Å². The topological polar surface area (TPSA) is 53.1 Å². The van der Waals surface area contributed by atoms with Crippen LogP contribution in [-0.4, -0.2) is 48.1 Å². The average molecular weight is 237 g/mol. The van der Waals surface area contributed by atoms with Crippen LogP contribution in [0.4, 0.5) is 11.6 Å². The SMILES string of the molecule is CCCN(CC)CCNc1cc(NC)ncn1. The molecule has 5 heteroatoms. The average Bonchev–Trinajstić information content (AvgIpc) is 2.38. The molecule has 0 amide bonds. The van der Waals surface area contributed by atoms with Crippen molar-refractivity contribution in [2.45, 2.75) is 20.3 Å². The Balaban J connectivity index is 2.34. The summed E-state index contributed by atoms with van der Waals surface area (Å²) in [5, 5.41) is 6.31. The Morgan fingerprint density at radius 3 is 2.59 bits per heavy atom. The first kappa shape index (κ1) is 13.7. The highest BCUT2D eigenvalue weighted by Crippen LogP contribution is 2.06. The Kier molecular flexibility index (Phi) is 6.32. The van der Waals surface area contributed by atoms with Crippen molar-refractivity contribution in [2.75, 3.05) is 43.9 Å². The molecule has 0 unspecified atom stereocenters. The maximum Gasteiger partial charge on any atom is 0.131 e. The van der Waals surface area contributed by atoms with Gasteiger partial charge in [0.25, 0.3) is 0 Å². The van der Waals surface area contributed by atoms with Crippen LogP contribution in [0.5, 0.6) is 0 Å². The minimum Gasteiger partial charge on any atom is -0.373 e. The second kappa shape index (κ2) is 7.84. The molecule has 0 aromatic carbocycles. The molecule has 1 aromatic rings. The van der Waals surface area contributed by atoms with Crippen molar-refractivity contribution in [3.05, 3.63) is 12.4 Å². The van der Waals surface area contributed by atoms with Crippen LogP contribution in [0.25, 0.3) is 0 Å². The summed E-state index contributed by atoms with van der Waals surface area (Å²) in [4.78, 5) is 10.7. The highest BCUT2D eigenvalue weighted by Gasteiger charge is 2.01. The predicted octanol–water partition coefficient (Wildman–Crippen LogP) is 1.66. The lowest BCUT2D eigenvalue weighted by Gasteiger charge is -2.19. The van der Waals surface area contributed by atoms with Gasteiger partial charge in [0, 0.05) is 26.2 Å². The maximum atomic E-state index is 4.18. The minimum atomic E-state index is 0.836. The van der Waals surface area contributed by atoms with Gasteiger partial charge in [-0.25, -0.2) is 9.97 Å². The van der Waals surface area contributed by atoms with Crippen molar-refractivity contribution in [3.8, 4) is 0 Å². The van der Waals surface area contributed by atoms with Gasteiger partial charge in [-0.15, -0.1) is 0 Å². The number of likely N-dealkylation sites (N-methyl/N-ethyl adjacent to an activating group) is 1. The van der Waals surface area contributed by atoms with Gasteiger partial charge in [-0.2, -0.15) is 0 Å². The van der Waals surface area contributed by atoms with Crippen LogP contribution in [0, 0.1) is 0 Å². The van der Waals surface area contributed by atoms with E-state index in [4.69, 9.17) is 0 Å². The molecule has 0 fully saturated rings. The summed E-state index contributed by atoms with van der Waals surface area (Å²) >= 11 is 0.